The van der Waals surface area contributed by atoms with Crippen molar-refractivity contribution < 1.29 is 4.42 Å². The summed E-state index contributed by atoms with van der Waals surface area (Å²) in [4.78, 5) is 0. The average molecular weight is 221 g/mol. The summed E-state index contributed by atoms with van der Waals surface area (Å²) in [5, 5.41) is 11.1. The van der Waals surface area contributed by atoms with Crippen molar-refractivity contribution in [2.24, 2.45) is 0 Å². The largest absolute Gasteiger partial charge is 0.398 e. The molecule has 0 unspecified atom stereocenters. The molecule has 2 aromatic rings. The molecule has 0 spiro atoms. The maximum Gasteiger partial charge on any atom is 0.315 e. The van der Waals surface area contributed by atoms with Crippen LogP contribution in [-0.4, -0.2) is 17.2 Å². The van der Waals surface area contributed by atoms with E-state index >= 15 is 0 Å². The molecular formula is C10H11N3OS. The van der Waals surface area contributed by atoms with Gasteiger partial charge in [0.25, 0.3) is 5.22 Å². The lowest BCUT2D eigenvalue weighted by Crippen LogP contribution is -1.85. The number of nitrogens with one attached hydrogen (secondary N) is 1. The monoisotopic (exact) mass is 221 g/mol. The van der Waals surface area contributed by atoms with Gasteiger partial charge < -0.3 is 9.73 Å². The summed E-state index contributed by atoms with van der Waals surface area (Å²) in [6.45, 7) is 0. The molecule has 0 saturated heterocycles. The van der Waals surface area contributed by atoms with Crippen molar-refractivity contribution >= 4 is 17.8 Å². The van der Waals surface area contributed by atoms with Gasteiger partial charge in [0.1, 0.15) is 0 Å². The minimum atomic E-state index is 0.450. The second-order valence-corrected chi connectivity index (χ2v) is 3.82. The summed E-state index contributed by atoms with van der Waals surface area (Å²) >= 11 is 1.53. The summed E-state index contributed by atoms with van der Waals surface area (Å²) in [7, 11) is 1.75. The zero-order valence-electron chi connectivity index (χ0n) is 8.30. The number of thioether (sulfide) groups is 1. The zero-order valence-corrected chi connectivity index (χ0v) is 9.12. The van der Waals surface area contributed by atoms with Gasteiger partial charge in [0.05, 0.1) is 0 Å². The molecule has 0 bridgehead atoms. The molecule has 4 nitrogen and oxygen atoms in total. The van der Waals surface area contributed by atoms with Crippen molar-refractivity contribution in [1.29, 1.82) is 0 Å². The molecule has 15 heavy (non-hydrogen) atoms. The number of hydrogen-bond donors (Lipinski definition) is 1. The summed E-state index contributed by atoms with van der Waals surface area (Å²) in [5.74, 6) is 0.839. The van der Waals surface area contributed by atoms with E-state index in [1.165, 1.54) is 17.3 Å². The number of anilines is 1. The third-order valence-corrected chi connectivity index (χ3v) is 2.72. The molecule has 1 heterocycles. The molecule has 1 N–H and O–H groups in total. The predicted molar refractivity (Wildman–Crippen MR) is 59.8 cm³/mol. The Morgan fingerprint density at radius 2 is 2.07 bits per heavy atom. The molecular weight excluding hydrogens is 210 g/mol. The Hall–Kier alpha value is -1.49. The van der Waals surface area contributed by atoms with Gasteiger partial charge in [0, 0.05) is 12.8 Å². The highest BCUT2D eigenvalue weighted by molar-refractivity contribution is 7.98. The maximum absolute atomic E-state index is 5.28. The lowest BCUT2D eigenvalue weighted by molar-refractivity contribution is 0.467. The van der Waals surface area contributed by atoms with E-state index in [9.17, 15) is 0 Å². The van der Waals surface area contributed by atoms with Crippen LogP contribution in [0.3, 0.4) is 0 Å². The van der Waals surface area contributed by atoms with E-state index in [4.69, 9.17) is 4.42 Å². The summed E-state index contributed by atoms with van der Waals surface area (Å²) in [6, 6.07) is 10.6. The van der Waals surface area contributed by atoms with E-state index in [-0.39, 0.29) is 0 Å². The Kier molecular flexibility index (Phi) is 3.24. The molecule has 78 valence electrons. The molecule has 5 heteroatoms. The summed E-state index contributed by atoms with van der Waals surface area (Å²) in [6.07, 6.45) is 0. The first-order valence-corrected chi connectivity index (χ1v) is 5.55. The fourth-order valence-electron chi connectivity index (χ4n) is 1.09. The highest BCUT2D eigenvalue weighted by atomic mass is 32.2. The third-order valence-electron chi connectivity index (χ3n) is 1.83. The van der Waals surface area contributed by atoms with Gasteiger partial charge in [-0.1, -0.05) is 52.3 Å². The molecule has 0 fully saturated rings. The fraction of sp³-hybridized carbons (Fsp3) is 0.200. The Bertz CT molecular complexity index is 416. The molecule has 1 aromatic carbocycles. The van der Waals surface area contributed by atoms with Crippen LogP contribution in [0.25, 0.3) is 0 Å². The molecule has 0 saturated carbocycles. The molecule has 0 aliphatic carbocycles. The molecule has 1 aromatic heterocycles. The number of rotatable bonds is 4. The van der Waals surface area contributed by atoms with Crippen molar-refractivity contribution in [3.05, 3.63) is 35.9 Å². The van der Waals surface area contributed by atoms with Crippen LogP contribution in [0, 0.1) is 0 Å². The van der Waals surface area contributed by atoms with Gasteiger partial charge in [-0.25, -0.2) is 0 Å². The van der Waals surface area contributed by atoms with Gasteiger partial charge >= 0.3 is 6.01 Å². The standard InChI is InChI=1S/C10H11N3OS/c1-11-9-12-13-10(14-9)15-7-8-5-3-2-4-6-8/h2-6H,7H2,1H3,(H,11,12). The Balaban J connectivity index is 1.93. The van der Waals surface area contributed by atoms with Crippen LogP contribution >= 0.6 is 11.8 Å². The number of benzene rings is 1. The van der Waals surface area contributed by atoms with Crippen molar-refractivity contribution in [2.45, 2.75) is 11.0 Å². The fourth-order valence-corrected chi connectivity index (χ4v) is 1.81. The van der Waals surface area contributed by atoms with Crippen molar-refractivity contribution in [2.75, 3.05) is 12.4 Å². The Morgan fingerprint density at radius 1 is 1.27 bits per heavy atom. The third kappa shape index (κ3) is 2.73. The lowest BCUT2D eigenvalue weighted by atomic mass is 10.2. The van der Waals surface area contributed by atoms with Crippen LogP contribution in [0.4, 0.5) is 6.01 Å². The number of aromatic nitrogens is 2. The molecule has 0 amide bonds. The molecule has 0 aliphatic heterocycles. The SMILES string of the molecule is CNc1nnc(SCc2ccccc2)o1. The molecule has 0 aliphatic rings. The van der Waals surface area contributed by atoms with Gasteiger partial charge in [-0.05, 0) is 5.56 Å². The minimum Gasteiger partial charge on any atom is -0.398 e. The van der Waals surface area contributed by atoms with Gasteiger partial charge in [-0.2, -0.15) is 0 Å². The minimum absolute atomic E-state index is 0.450. The first-order chi connectivity index (χ1) is 7.38. The van der Waals surface area contributed by atoms with E-state index in [1.54, 1.807) is 7.05 Å². The highest BCUT2D eigenvalue weighted by Crippen LogP contribution is 2.22. The molecule has 2 rings (SSSR count). The zero-order chi connectivity index (χ0) is 10.5. The summed E-state index contributed by atoms with van der Waals surface area (Å²) < 4.78 is 5.28. The second kappa shape index (κ2) is 4.84. The van der Waals surface area contributed by atoms with E-state index in [0.717, 1.165) is 5.75 Å². The Labute approximate surface area is 92.1 Å². The van der Waals surface area contributed by atoms with Gasteiger partial charge in [0.2, 0.25) is 0 Å². The first kappa shape index (κ1) is 10.0. The normalized spacial score (nSPS) is 10.2. The van der Waals surface area contributed by atoms with Gasteiger partial charge in [-0.15, -0.1) is 0 Å². The van der Waals surface area contributed by atoms with E-state index in [1.807, 2.05) is 18.2 Å². The smallest absolute Gasteiger partial charge is 0.315 e. The lowest BCUT2D eigenvalue weighted by Gasteiger charge is -1.96. The van der Waals surface area contributed by atoms with E-state index in [2.05, 4.69) is 27.6 Å². The van der Waals surface area contributed by atoms with Gasteiger partial charge in [-0.3, -0.25) is 0 Å². The maximum atomic E-state index is 5.28. The van der Waals surface area contributed by atoms with Crippen LogP contribution in [-0.2, 0) is 5.75 Å². The van der Waals surface area contributed by atoms with Gasteiger partial charge in [0.15, 0.2) is 0 Å². The van der Waals surface area contributed by atoms with Crippen LogP contribution in [0.1, 0.15) is 5.56 Å². The Morgan fingerprint density at radius 3 is 2.73 bits per heavy atom. The van der Waals surface area contributed by atoms with Crippen molar-refractivity contribution in [1.82, 2.24) is 10.2 Å². The average Bonchev–Trinajstić information content (AvgIpc) is 2.76. The second-order valence-electron chi connectivity index (χ2n) is 2.90. The quantitative estimate of drug-likeness (QED) is 0.803. The number of nitrogens with zero attached hydrogens (tertiary/aromatic N) is 2. The van der Waals surface area contributed by atoms with Crippen LogP contribution in [0.5, 0.6) is 0 Å². The molecule has 0 atom stereocenters. The first-order valence-electron chi connectivity index (χ1n) is 4.56. The number of hydrogen-bond acceptors (Lipinski definition) is 5. The molecule has 0 radical (unpaired) electrons. The summed E-state index contributed by atoms with van der Waals surface area (Å²) in [5.41, 5.74) is 1.24. The predicted octanol–water partition coefficient (Wildman–Crippen LogP) is 2.40. The van der Waals surface area contributed by atoms with Crippen molar-refractivity contribution in [3.63, 3.8) is 0 Å². The topological polar surface area (TPSA) is 51.0 Å². The van der Waals surface area contributed by atoms with E-state index in [0.29, 0.717) is 11.2 Å². The van der Waals surface area contributed by atoms with Crippen LogP contribution in [0.15, 0.2) is 40.0 Å². The highest BCUT2D eigenvalue weighted by Gasteiger charge is 2.04. The van der Waals surface area contributed by atoms with E-state index < -0.39 is 0 Å². The van der Waals surface area contributed by atoms with Crippen molar-refractivity contribution in [3.8, 4) is 0 Å². The van der Waals surface area contributed by atoms with Crippen LogP contribution in [0.2, 0.25) is 0 Å². The van der Waals surface area contributed by atoms with Crippen LogP contribution < -0.4 is 5.32 Å².